The van der Waals surface area contributed by atoms with Crippen molar-refractivity contribution in [3.05, 3.63) is 57.6 Å². The predicted molar refractivity (Wildman–Crippen MR) is 81.6 cm³/mol. The Hall–Kier alpha value is -1.91. The van der Waals surface area contributed by atoms with Crippen molar-refractivity contribution >= 4 is 34.9 Å². The Morgan fingerprint density at radius 2 is 2.00 bits per heavy atom. The summed E-state index contributed by atoms with van der Waals surface area (Å²) in [5.74, 6) is -0.811. The lowest BCUT2D eigenvalue weighted by Gasteiger charge is -2.37. The number of aliphatic carboxylic acids is 1. The van der Waals surface area contributed by atoms with Crippen molar-refractivity contribution < 1.29 is 14.6 Å². The summed E-state index contributed by atoms with van der Waals surface area (Å²) >= 11 is 12.4. The Bertz CT molecular complexity index is 793. The van der Waals surface area contributed by atoms with Crippen LogP contribution in [0.2, 0.25) is 10.0 Å². The maximum atomic E-state index is 11.5. The number of para-hydroxylation sites is 1. The van der Waals surface area contributed by atoms with Crippen molar-refractivity contribution in [1.29, 1.82) is 0 Å². The van der Waals surface area contributed by atoms with Gasteiger partial charge in [-0.3, -0.25) is 0 Å². The standard InChI is InChI=1S/C16H11Cl2NO3/c17-7-5-9(18)13-10(6-7)19-14(16(20)21)15-12(13)8-3-1-2-4-11(8)22-15/h1-6,12,14-15,19H,(H,20,21)/p-1. The number of anilines is 1. The Labute approximate surface area is 136 Å². The molecule has 0 spiro atoms. The van der Waals surface area contributed by atoms with Gasteiger partial charge in [0.15, 0.2) is 0 Å². The summed E-state index contributed by atoms with van der Waals surface area (Å²) in [5.41, 5.74) is 2.33. The second-order valence-corrected chi connectivity index (χ2v) is 6.23. The van der Waals surface area contributed by atoms with Crippen molar-refractivity contribution in [2.24, 2.45) is 0 Å². The summed E-state index contributed by atoms with van der Waals surface area (Å²) < 4.78 is 5.85. The Morgan fingerprint density at radius 1 is 1.23 bits per heavy atom. The fraction of sp³-hybridized carbons (Fsp3) is 0.188. The molecule has 4 rings (SSSR count). The molecule has 0 aliphatic carbocycles. The average molecular weight is 335 g/mol. The van der Waals surface area contributed by atoms with Crippen LogP contribution in [0.15, 0.2) is 36.4 Å². The van der Waals surface area contributed by atoms with Gasteiger partial charge in [-0.15, -0.1) is 0 Å². The van der Waals surface area contributed by atoms with Gasteiger partial charge in [0.2, 0.25) is 0 Å². The zero-order valence-corrected chi connectivity index (χ0v) is 12.7. The maximum Gasteiger partial charge on any atom is 0.135 e. The normalized spacial score (nSPS) is 24.5. The first kappa shape index (κ1) is 13.7. The molecular formula is C16H10Cl2NO3-. The van der Waals surface area contributed by atoms with E-state index in [2.05, 4.69) is 5.32 Å². The van der Waals surface area contributed by atoms with Gasteiger partial charge < -0.3 is 20.0 Å². The van der Waals surface area contributed by atoms with Gasteiger partial charge in [0.1, 0.15) is 17.9 Å². The van der Waals surface area contributed by atoms with E-state index in [1.807, 2.05) is 24.3 Å². The maximum absolute atomic E-state index is 11.5. The van der Waals surface area contributed by atoms with E-state index >= 15 is 0 Å². The number of carbonyl (C=O) groups is 1. The molecule has 2 aromatic carbocycles. The smallest absolute Gasteiger partial charge is 0.135 e. The molecule has 3 unspecified atom stereocenters. The second kappa shape index (κ2) is 4.80. The summed E-state index contributed by atoms with van der Waals surface area (Å²) in [7, 11) is 0. The lowest BCUT2D eigenvalue weighted by atomic mass is 9.81. The number of carboxylic acids is 1. The summed E-state index contributed by atoms with van der Waals surface area (Å²) in [6.07, 6.45) is -0.603. The number of fused-ring (bicyclic) bond motifs is 5. The van der Waals surface area contributed by atoms with Crippen LogP contribution in [0.5, 0.6) is 5.75 Å². The molecule has 3 atom stereocenters. The highest BCUT2D eigenvalue weighted by Gasteiger charge is 2.46. The molecule has 0 saturated carbocycles. The van der Waals surface area contributed by atoms with Crippen LogP contribution < -0.4 is 15.2 Å². The van der Waals surface area contributed by atoms with Gasteiger partial charge in [-0.1, -0.05) is 41.4 Å². The first-order valence-electron chi connectivity index (χ1n) is 6.78. The van der Waals surface area contributed by atoms with Gasteiger partial charge in [0, 0.05) is 26.9 Å². The van der Waals surface area contributed by atoms with Crippen molar-refractivity contribution in [1.82, 2.24) is 0 Å². The van der Waals surface area contributed by atoms with Crippen LogP contribution in [-0.2, 0) is 4.79 Å². The predicted octanol–water partition coefficient (Wildman–Crippen LogP) is 2.43. The highest BCUT2D eigenvalue weighted by molar-refractivity contribution is 6.35. The number of rotatable bonds is 1. The first-order chi connectivity index (χ1) is 10.6. The van der Waals surface area contributed by atoms with Gasteiger partial charge in [0.05, 0.1) is 11.9 Å². The van der Waals surface area contributed by atoms with E-state index in [9.17, 15) is 9.90 Å². The van der Waals surface area contributed by atoms with Crippen molar-refractivity contribution in [3.8, 4) is 5.75 Å². The van der Waals surface area contributed by atoms with Gasteiger partial charge in [-0.05, 0) is 18.2 Å². The average Bonchev–Trinajstić information content (AvgIpc) is 2.84. The number of halogens is 2. The lowest BCUT2D eigenvalue weighted by molar-refractivity contribution is -0.308. The third kappa shape index (κ3) is 1.87. The molecule has 0 saturated heterocycles. The summed E-state index contributed by atoms with van der Waals surface area (Å²) in [6.45, 7) is 0. The molecule has 2 aromatic rings. The molecule has 0 aromatic heterocycles. The van der Waals surface area contributed by atoms with Crippen LogP contribution in [-0.4, -0.2) is 18.1 Å². The highest BCUT2D eigenvalue weighted by atomic mass is 35.5. The molecule has 0 fully saturated rings. The molecule has 6 heteroatoms. The Kier molecular flexibility index (Phi) is 2.99. The highest BCUT2D eigenvalue weighted by Crippen LogP contribution is 2.51. The van der Waals surface area contributed by atoms with Crippen LogP contribution in [0.4, 0.5) is 5.69 Å². The van der Waals surface area contributed by atoms with E-state index < -0.39 is 18.1 Å². The number of ether oxygens (including phenoxy) is 1. The topological polar surface area (TPSA) is 61.4 Å². The van der Waals surface area contributed by atoms with Gasteiger partial charge in [0.25, 0.3) is 0 Å². The second-order valence-electron chi connectivity index (χ2n) is 5.39. The van der Waals surface area contributed by atoms with E-state index in [1.54, 1.807) is 12.1 Å². The van der Waals surface area contributed by atoms with Gasteiger partial charge in [-0.2, -0.15) is 0 Å². The number of carboxylic acid groups (broad SMARTS) is 1. The quantitative estimate of drug-likeness (QED) is 0.870. The van der Waals surface area contributed by atoms with Gasteiger partial charge in [-0.25, -0.2) is 0 Å². The van der Waals surface area contributed by atoms with Crippen molar-refractivity contribution in [2.75, 3.05) is 5.32 Å². The molecule has 0 bridgehead atoms. The summed E-state index contributed by atoms with van der Waals surface area (Å²) in [5, 5.41) is 15.4. The molecule has 0 amide bonds. The minimum Gasteiger partial charge on any atom is -0.548 e. The minimum absolute atomic E-state index is 0.264. The zero-order chi connectivity index (χ0) is 15.4. The zero-order valence-electron chi connectivity index (χ0n) is 11.2. The summed E-state index contributed by atoms with van der Waals surface area (Å²) in [4.78, 5) is 11.5. The van der Waals surface area contributed by atoms with E-state index in [1.165, 1.54) is 0 Å². The summed E-state index contributed by atoms with van der Waals surface area (Å²) in [6, 6.07) is 9.85. The molecule has 4 nitrogen and oxygen atoms in total. The molecule has 2 aliphatic heterocycles. The number of hydrogen-bond acceptors (Lipinski definition) is 4. The molecule has 0 radical (unpaired) electrons. The number of carbonyl (C=O) groups excluding carboxylic acids is 1. The fourth-order valence-electron chi connectivity index (χ4n) is 3.28. The molecule has 1 N–H and O–H groups in total. The van der Waals surface area contributed by atoms with E-state index in [0.717, 1.165) is 11.1 Å². The third-order valence-corrected chi connectivity index (χ3v) is 4.68. The lowest BCUT2D eigenvalue weighted by Crippen LogP contribution is -2.53. The number of hydrogen-bond donors (Lipinski definition) is 1. The largest absolute Gasteiger partial charge is 0.548 e. The fourth-order valence-corrected chi connectivity index (χ4v) is 3.89. The van der Waals surface area contributed by atoms with Crippen molar-refractivity contribution in [2.45, 2.75) is 18.1 Å². The molecule has 2 heterocycles. The van der Waals surface area contributed by atoms with Gasteiger partial charge >= 0.3 is 0 Å². The van der Waals surface area contributed by atoms with Crippen LogP contribution in [0.25, 0.3) is 0 Å². The first-order valence-corrected chi connectivity index (χ1v) is 7.54. The monoisotopic (exact) mass is 334 g/mol. The van der Waals surface area contributed by atoms with Crippen LogP contribution in [0.1, 0.15) is 17.0 Å². The van der Waals surface area contributed by atoms with Crippen LogP contribution in [0.3, 0.4) is 0 Å². The third-order valence-electron chi connectivity index (χ3n) is 4.14. The SMILES string of the molecule is O=C([O-])C1Nc2cc(Cl)cc(Cl)c2C2c3ccccc3OC12. The van der Waals surface area contributed by atoms with E-state index in [-0.39, 0.29) is 5.92 Å². The van der Waals surface area contributed by atoms with E-state index in [0.29, 0.717) is 21.5 Å². The van der Waals surface area contributed by atoms with E-state index in [4.69, 9.17) is 27.9 Å². The number of nitrogens with one attached hydrogen (secondary N) is 1. The van der Waals surface area contributed by atoms with Crippen molar-refractivity contribution in [3.63, 3.8) is 0 Å². The molecule has 112 valence electrons. The van der Waals surface area contributed by atoms with Crippen LogP contribution >= 0.6 is 23.2 Å². The molecule has 2 aliphatic rings. The molecule has 22 heavy (non-hydrogen) atoms. The minimum atomic E-state index is -1.22. The molecular weight excluding hydrogens is 325 g/mol. The van der Waals surface area contributed by atoms with Crippen LogP contribution in [0, 0.1) is 0 Å². The Balaban J connectivity index is 1.96. The number of benzene rings is 2. The Morgan fingerprint density at radius 3 is 2.77 bits per heavy atom.